The van der Waals surface area contributed by atoms with Gasteiger partial charge < -0.3 is 11.1 Å². The number of nitrogens with two attached hydrogens (primary N) is 1. The van der Waals surface area contributed by atoms with Crippen molar-refractivity contribution < 1.29 is 9.18 Å². The van der Waals surface area contributed by atoms with Crippen LogP contribution in [0.25, 0.3) is 0 Å². The Balaban J connectivity index is 0.00000180. The molecule has 0 aliphatic heterocycles. The maximum Gasteiger partial charge on any atom is 0.224 e. The van der Waals surface area contributed by atoms with Gasteiger partial charge in [0.15, 0.2) is 0 Å². The van der Waals surface area contributed by atoms with Gasteiger partial charge in [-0.2, -0.15) is 0 Å². The second kappa shape index (κ2) is 6.87. The highest BCUT2D eigenvalue weighted by atomic mass is 35.5. The molecule has 0 bridgehead atoms. The number of hydrogen-bond acceptors (Lipinski definition) is 2. The molecule has 1 aromatic rings. The monoisotopic (exact) mass is 286 g/mol. The summed E-state index contributed by atoms with van der Waals surface area (Å²) < 4.78 is 13.0. The van der Waals surface area contributed by atoms with Crippen LogP contribution in [-0.4, -0.2) is 18.0 Å². The fourth-order valence-corrected chi connectivity index (χ4v) is 2.60. The molecule has 1 amide bonds. The van der Waals surface area contributed by atoms with Gasteiger partial charge in [-0.1, -0.05) is 25.0 Å². The molecule has 0 saturated heterocycles. The second-order valence-corrected chi connectivity index (χ2v) is 5.05. The molecule has 0 atom stereocenters. The van der Waals surface area contributed by atoms with E-state index in [4.69, 9.17) is 5.73 Å². The van der Waals surface area contributed by atoms with E-state index in [9.17, 15) is 9.18 Å². The minimum atomic E-state index is -0.310. The summed E-state index contributed by atoms with van der Waals surface area (Å²) in [7, 11) is 0. The van der Waals surface area contributed by atoms with Gasteiger partial charge in [-0.05, 0) is 30.5 Å². The first-order valence-corrected chi connectivity index (χ1v) is 6.39. The van der Waals surface area contributed by atoms with Gasteiger partial charge in [0.05, 0.1) is 12.0 Å². The molecule has 0 radical (unpaired) electrons. The van der Waals surface area contributed by atoms with Crippen LogP contribution in [-0.2, 0) is 11.2 Å². The van der Waals surface area contributed by atoms with Crippen molar-refractivity contribution in [3.63, 3.8) is 0 Å². The van der Waals surface area contributed by atoms with Crippen molar-refractivity contribution in [1.82, 2.24) is 5.32 Å². The summed E-state index contributed by atoms with van der Waals surface area (Å²) in [4.78, 5) is 12.0. The number of hydrogen-bond donors (Lipinski definition) is 2. The van der Waals surface area contributed by atoms with E-state index >= 15 is 0 Å². The van der Waals surface area contributed by atoms with Crippen molar-refractivity contribution in [3.05, 3.63) is 35.6 Å². The highest BCUT2D eigenvalue weighted by Gasteiger charge is 2.33. The Labute approximate surface area is 119 Å². The van der Waals surface area contributed by atoms with Crippen molar-refractivity contribution in [1.29, 1.82) is 0 Å². The molecule has 1 aliphatic rings. The summed E-state index contributed by atoms with van der Waals surface area (Å²) in [6.07, 6.45) is 4.31. The molecule has 5 heteroatoms. The minimum absolute atomic E-state index is 0. The smallest absolute Gasteiger partial charge is 0.224 e. The average Bonchev–Trinajstić information content (AvgIpc) is 2.78. The van der Waals surface area contributed by atoms with E-state index in [2.05, 4.69) is 5.32 Å². The summed E-state index contributed by atoms with van der Waals surface area (Å²) in [5.74, 6) is -0.386. The SMILES string of the molecule is Cl.NCC1(NC(=O)Cc2cccc(F)c2)CCCC1. The molecule has 1 saturated carbocycles. The van der Waals surface area contributed by atoms with Crippen LogP contribution in [0.4, 0.5) is 4.39 Å². The molecular formula is C14H20ClFN2O. The number of rotatable bonds is 4. The third-order valence-electron chi connectivity index (χ3n) is 3.61. The van der Waals surface area contributed by atoms with E-state index in [0.29, 0.717) is 12.1 Å². The van der Waals surface area contributed by atoms with Gasteiger partial charge >= 0.3 is 0 Å². The molecular weight excluding hydrogens is 267 g/mol. The van der Waals surface area contributed by atoms with Crippen molar-refractivity contribution in [2.24, 2.45) is 5.73 Å². The van der Waals surface area contributed by atoms with Crippen LogP contribution in [0, 0.1) is 5.82 Å². The Morgan fingerprint density at radius 3 is 2.63 bits per heavy atom. The topological polar surface area (TPSA) is 55.1 Å². The summed E-state index contributed by atoms with van der Waals surface area (Å²) in [6, 6.07) is 6.14. The van der Waals surface area contributed by atoms with Crippen LogP contribution in [0.5, 0.6) is 0 Å². The Morgan fingerprint density at radius 2 is 2.05 bits per heavy atom. The average molecular weight is 287 g/mol. The van der Waals surface area contributed by atoms with Gasteiger partial charge in [-0.3, -0.25) is 4.79 Å². The molecule has 106 valence electrons. The normalized spacial score (nSPS) is 16.7. The van der Waals surface area contributed by atoms with E-state index in [-0.39, 0.29) is 36.1 Å². The minimum Gasteiger partial charge on any atom is -0.349 e. The van der Waals surface area contributed by atoms with Crippen molar-refractivity contribution >= 4 is 18.3 Å². The van der Waals surface area contributed by atoms with E-state index in [1.807, 2.05) is 0 Å². The molecule has 1 fully saturated rings. The number of amides is 1. The van der Waals surface area contributed by atoms with Crippen molar-refractivity contribution in [2.75, 3.05) is 6.54 Å². The van der Waals surface area contributed by atoms with Crippen LogP contribution >= 0.6 is 12.4 Å². The zero-order valence-corrected chi connectivity index (χ0v) is 11.6. The number of benzene rings is 1. The Hall–Kier alpha value is -1.13. The second-order valence-electron chi connectivity index (χ2n) is 5.05. The first-order chi connectivity index (χ1) is 8.63. The molecule has 3 nitrogen and oxygen atoms in total. The molecule has 1 aromatic carbocycles. The van der Waals surface area contributed by atoms with Crippen LogP contribution in [0.1, 0.15) is 31.2 Å². The Morgan fingerprint density at radius 1 is 1.37 bits per heavy atom. The standard InChI is InChI=1S/C14H19FN2O.ClH/c15-12-5-3-4-11(8-12)9-13(18)17-14(10-16)6-1-2-7-14;/h3-5,8H,1-2,6-7,9-10,16H2,(H,17,18);1H. The number of halogens is 2. The van der Waals surface area contributed by atoms with E-state index in [1.54, 1.807) is 12.1 Å². The molecule has 0 spiro atoms. The van der Waals surface area contributed by atoms with Crippen molar-refractivity contribution in [3.8, 4) is 0 Å². The largest absolute Gasteiger partial charge is 0.349 e. The third kappa shape index (κ3) is 4.18. The first-order valence-electron chi connectivity index (χ1n) is 6.39. The van der Waals surface area contributed by atoms with E-state index in [0.717, 1.165) is 25.7 Å². The molecule has 1 aliphatic carbocycles. The lowest BCUT2D eigenvalue weighted by atomic mass is 9.97. The number of carbonyl (C=O) groups excluding carboxylic acids is 1. The molecule has 3 N–H and O–H groups in total. The predicted octanol–water partition coefficient (Wildman–Crippen LogP) is 2.18. The fourth-order valence-electron chi connectivity index (χ4n) is 2.60. The lowest BCUT2D eigenvalue weighted by Crippen LogP contribution is -2.52. The molecule has 19 heavy (non-hydrogen) atoms. The molecule has 0 aromatic heterocycles. The van der Waals surface area contributed by atoms with E-state index < -0.39 is 0 Å². The highest BCUT2D eigenvalue weighted by Crippen LogP contribution is 2.28. The van der Waals surface area contributed by atoms with Gasteiger partial charge in [0, 0.05) is 6.54 Å². The summed E-state index contributed by atoms with van der Waals surface area (Å²) in [6.45, 7) is 0.474. The lowest BCUT2D eigenvalue weighted by molar-refractivity contribution is -0.122. The predicted molar refractivity (Wildman–Crippen MR) is 75.7 cm³/mol. The van der Waals surface area contributed by atoms with Gasteiger partial charge in [0.25, 0.3) is 0 Å². The maximum atomic E-state index is 13.0. The Bertz CT molecular complexity index is 433. The summed E-state index contributed by atoms with van der Waals surface area (Å²) in [5.41, 5.74) is 6.22. The number of carbonyl (C=O) groups is 1. The summed E-state index contributed by atoms with van der Waals surface area (Å²) in [5, 5.41) is 3.02. The fraction of sp³-hybridized carbons (Fsp3) is 0.500. The van der Waals surface area contributed by atoms with Gasteiger partial charge in [0.1, 0.15) is 5.82 Å². The Kier molecular flexibility index (Phi) is 5.76. The van der Waals surface area contributed by atoms with Crippen LogP contribution < -0.4 is 11.1 Å². The van der Waals surface area contributed by atoms with Crippen molar-refractivity contribution in [2.45, 2.75) is 37.6 Å². The maximum absolute atomic E-state index is 13.0. The third-order valence-corrected chi connectivity index (χ3v) is 3.61. The van der Waals surface area contributed by atoms with Gasteiger partial charge in [-0.25, -0.2) is 4.39 Å². The molecule has 0 unspecified atom stereocenters. The number of nitrogens with one attached hydrogen (secondary N) is 1. The lowest BCUT2D eigenvalue weighted by Gasteiger charge is -2.28. The first kappa shape index (κ1) is 15.9. The molecule has 0 heterocycles. The summed E-state index contributed by atoms with van der Waals surface area (Å²) >= 11 is 0. The van der Waals surface area contributed by atoms with Crippen LogP contribution in [0.3, 0.4) is 0 Å². The van der Waals surface area contributed by atoms with Crippen LogP contribution in [0.2, 0.25) is 0 Å². The zero-order valence-electron chi connectivity index (χ0n) is 10.8. The highest BCUT2D eigenvalue weighted by molar-refractivity contribution is 5.85. The molecule has 2 rings (SSSR count). The quantitative estimate of drug-likeness (QED) is 0.891. The zero-order chi connectivity index (χ0) is 13.0. The van der Waals surface area contributed by atoms with Gasteiger partial charge in [0.2, 0.25) is 5.91 Å². The van der Waals surface area contributed by atoms with Crippen LogP contribution in [0.15, 0.2) is 24.3 Å². The van der Waals surface area contributed by atoms with E-state index in [1.165, 1.54) is 12.1 Å². The van der Waals surface area contributed by atoms with Gasteiger partial charge in [-0.15, -0.1) is 12.4 Å².